The summed E-state index contributed by atoms with van der Waals surface area (Å²) in [5, 5.41) is 0. The van der Waals surface area contributed by atoms with Crippen molar-refractivity contribution in [1.82, 2.24) is 9.55 Å². The van der Waals surface area contributed by atoms with Crippen LogP contribution in [-0.2, 0) is 12.1 Å². The van der Waals surface area contributed by atoms with Gasteiger partial charge in [0.15, 0.2) is 0 Å². The fourth-order valence-corrected chi connectivity index (χ4v) is 1.36. The van der Waals surface area contributed by atoms with Crippen molar-refractivity contribution >= 4 is 0 Å². The van der Waals surface area contributed by atoms with Gasteiger partial charge in [-0.15, -0.1) is 0 Å². The van der Waals surface area contributed by atoms with Crippen LogP contribution in [0.4, 0.5) is 0 Å². The Hall–Kier alpha value is -0.830. The molecule has 0 aliphatic rings. The molecule has 0 fully saturated rings. The van der Waals surface area contributed by atoms with E-state index in [1.807, 2.05) is 26.4 Å². The third-order valence-electron chi connectivity index (χ3n) is 2.13. The summed E-state index contributed by atoms with van der Waals surface area (Å²) >= 11 is 0. The molecule has 3 nitrogen and oxygen atoms in total. The van der Waals surface area contributed by atoms with Gasteiger partial charge >= 0.3 is 0 Å². The average molecular weight is 181 g/mol. The largest absolute Gasteiger partial charge is 0.333 e. The van der Waals surface area contributed by atoms with Crippen molar-refractivity contribution in [2.24, 2.45) is 5.73 Å². The van der Waals surface area contributed by atoms with E-state index in [1.165, 1.54) is 12.8 Å². The third kappa shape index (κ3) is 2.56. The first kappa shape index (κ1) is 10.3. The predicted octanol–water partition coefficient (Wildman–Crippen LogP) is 1.88. The second-order valence-corrected chi connectivity index (χ2v) is 4.05. The van der Waals surface area contributed by atoms with Crippen molar-refractivity contribution in [3.63, 3.8) is 0 Å². The van der Waals surface area contributed by atoms with E-state index in [1.54, 1.807) is 0 Å². The van der Waals surface area contributed by atoms with E-state index < -0.39 is 0 Å². The molecule has 0 saturated heterocycles. The molecule has 2 N–H and O–H groups in total. The third-order valence-corrected chi connectivity index (χ3v) is 2.13. The molecule has 0 atom stereocenters. The lowest BCUT2D eigenvalue weighted by atomic mass is 10.0. The van der Waals surface area contributed by atoms with Crippen LogP contribution in [0.15, 0.2) is 12.5 Å². The highest BCUT2D eigenvalue weighted by Crippen LogP contribution is 2.16. The lowest BCUT2D eigenvalue weighted by Gasteiger charge is -2.20. The van der Waals surface area contributed by atoms with Crippen molar-refractivity contribution in [3.05, 3.63) is 18.2 Å². The average Bonchev–Trinajstić information content (AvgIpc) is 2.47. The van der Waals surface area contributed by atoms with Crippen LogP contribution in [0, 0.1) is 0 Å². The Morgan fingerprint density at radius 2 is 2.23 bits per heavy atom. The maximum absolute atomic E-state index is 6.01. The van der Waals surface area contributed by atoms with Crippen molar-refractivity contribution in [2.75, 3.05) is 0 Å². The Kier molecular flexibility index (Phi) is 3.09. The van der Waals surface area contributed by atoms with E-state index >= 15 is 0 Å². The van der Waals surface area contributed by atoms with Crippen molar-refractivity contribution < 1.29 is 0 Å². The van der Waals surface area contributed by atoms with Gasteiger partial charge in [-0.1, -0.05) is 13.3 Å². The number of hydrogen-bond donors (Lipinski definition) is 1. The van der Waals surface area contributed by atoms with E-state index in [9.17, 15) is 0 Å². The topological polar surface area (TPSA) is 43.8 Å². The fourth-order valence-electron chi connectivity index (χ4n) is 1.36. The van der Waals surface area contributed by atoms with Crippen LogP contribution >= 0.6 is 0 Å². The number of unbranched alkanes of at least 4 members (excludes halogenated alkanes) is 1. The van der Waals surface area contributed by atoms with Gasteiger partial charge in [0.05, 0.1) is 17.6 Å². The molecule has 0 bridgehead atoms. The quantitative estimate of drug-likeness (QED) is 0.770. The molecule has 0 aliphatic carbocycles. The second kappa shape index (κ2) is 3.92. The minimum Gasteiger partial charge on any atom is -0.333 e. The molecule has 0 saturated carbocycles. The summed E-state index contributed by atoms with van der Waals surface area (Å²) in [5.74, 6) is 0. The molecule has 1 heterocycles. The summed E-state index contributed by atoms with van der Waals surface area (Å²) in [6, 6.07) is 0. The molecule has 0 radical (unpaired) electrons. The molecule has 0 unspecified atom stereocenters. The standard InChI is InChI=1S/C10H19N3/c1-4-5-6-13-8-12-7-9(13)10(2,3)11/h7-8H,4-6,11H2,1-3H3. The molecule has 0 aromatic carbocycles. The Labute approximate surface area is 80.0 Å². The molecule has 1 aromatic heterocycles. The maximum atomic E-state index is 6.01. The van der Waals surface area contributed by atoms with Gasteiger partial charge in [0.2, 0.25) is 0 Å². The number of imidazole rings is 1. The molecule has 0 amide bonds. The van der Waals surface area contributed by atoms with Gasteiger partial charge < -0.3 is 10.3 Å². The summed E-state index contributed by atoms with van der Waals surface area (Å²) in [6.45, 7) is 7.22. The summed E-state index contributed by atoms with van der Waals surface area (Å²) in [6.07, 6.45) is 6.09. The minimum atomic E-state index is -0.287. The number of nitrogens with two attached hydrogens (primary N) is 1. The van der Waals surface area contributed by atoms with Crippen LogP contribution in [0.3, 0.4) is 0 Å². The van der Waals surface area contributed by atoms with Gasteiger partial charge in [0.25, 0.3) is 0 Å². The number of aromatic nitrogens is 2. The van der Waals surface area contributed by atoms with E-state index in [0.717, 1.165) is 12.2 Å². The molecule has 1 aromatic rings. The molecule has 13 heavy (non-hydrogen) atoms. The van der Waals surface area contributed by atoms with Crippen LogP contribution in [0.5, 0.6) is 0 Å². The van der Waals surface area contributed by atoms with Crippen LogP contribution in [-0.4, -0.2) is 9.55 Å². The normalized spacial score (nSPS) is 12.0. The van der Waals surface area contributed by atoms with E-state index in [-0.39, 0.29) is 5.54 Å². The van der Waals surface area contributed by atoms with Crippen LogP contribution in [0.2, 0.25) is 0 Å². The summed E-state index contributed by atoms with van der Waals surface area (Å²) in [7, 11) is 0. The Morgan fingerprint density at radius 1 is 1.54 bits per heavy atom. The lowest BCUT2D eigenvalue weighted by molar-refractivity contribution is 0.483. The van der Waals surface area contributed by atoms with Crippen LogP contribution in [0.1, 0.15) is 39.3 Å². The molecule has 3 heteroatoms. The van der Waals surface area contributed by atoms with Crippen molar-refractivity contribution in [3.8, 4) is 0 Å². The zero-order chi connectivity index (χ0) is 9.90. The molecular weight excluding hydrogens is 162 g/mol. The number of aryl methyl sites for hydroxylation is 1. The van der Waals surface area contributed by atoms with Gasteiger partial charge in [-0.25, -0.2) is 4.98 Å². The minimum absolute atomic E-state index is 0.287. The maximum Gasteiger partial charge on any atom is 0.0948 e. The molecule has 0 aliphatic heterocycles. The smallest absolute Gasteiger partial charge is 0.0948 e. The summed E-state index contributed by atoms with van der Waals surface area (Å²) in [5.41, 5.74) is 6.84. The number of hydrogen-bond acceptors (Lipinski definition) is 2. The van der Waals surface area contributed by atoms with Crippen LogP contribution in [0.25, 0.3) is 0 Å². The lowest BCUT2D eigenvalue weighted by Crippen LogP contribution is -2.31. The van der Waals surface area contributed by atoms with Gasteiger partial charge in [-0.2, -0.15) is 0 Å². The first-order valence-electron chi connectivity index (χ1n) is 4.85. The van der Waals surface area contributed by atoms with Gasteiger partial charge in [-0.3, -0.25) is 0 Å². The highest BCUT2D eigenvalue weighted by Gasteiger charge is 2.18. The monoisotopic (exact) mass is 181 g/mol. The van der Waals surface area contributed by atoms with E-state index in [2.05, 4.69) is 16.5 Å². The highest BCUT2D eigenvalue weighted by molar-refractivity contribution is 5.09. The second-order valence-electron chi connectivity index (χ2n) is 4.05. The van der Waals surface area contributed by atoms with E-state index in [4.69, 9.17) is 5.73 Å². The molecule has 0 spiro atoms. The molecule has 74 valence electrons. The Morgan fingerprint density at radius 3 is 2.77 bits per heavy atom. The highest BCUT2D eigenvalue weighted by atomic mass is 15.1. The summed E-state index contributed by atoms with van der Waals surface area (Å²) < 4.78 is 2.14. The zero-order valence-electron chi connectivity index (χ0n) is 8.75. The number of rotatable bonds is 4. The van der Waals surface area contributed by atoms with Gasteiger partial charge in [0.1, 0.15) is 0 Å². The van der Waals surface area contributed by atoms with E-state index in [0.29, 0.717) is 0 Å². The fraction of sp³-hybridized carbons (Fsp3) is 0.700. The van der Waals surface area contributed by atoms with Crippen molar-refractivity contribution in [2.45, 2.75) is 45.7 Å². The summed E-state index contributed by atoms with van der Waals surface area (Å²) in [4.78, 5) is 4.12. The zero-order valence-corrected chi connectivity index (χ0v) is 8.75. The van der Waals surface area contributed by atoms with Gasteiger partial charge in [-0.05, 0) is 20.3 Å². The Bertz CT molecular complexity index is 257. The number of nitrogens with zero attached hydrogens (tertiary/aromatic N) is 2. The predicted molar refractivity (Wildman–Crippen MR) is 54.3 cm³/mol. The molecule has 1 rings (SSSR count). The van der Waals surface area contributed by atoms with Crippen LogP contribution < -0.4 is 5.73 Å². The SMILES string of the molecule is CCCCn1cncc1C(C)(C)N. The Balaban J connectivity index is 2.77. The first-order chi connectivity index (χ1) is 6.05. The van der Waals surface area contributed by atoms with Crippen molar-refractivity contribution in [1.29, 1.82) is 0 Å². The first-order valence-corrected chi connectivity index (χ1v) is 4.85. The van der Waals surface area contributed by atoms with Gasteiger partial charge in [0, 0.05) is 12.7 Å². The molecular formula is C10H19N3.